The largest absolute Gasteiger partial charge is 0.396 e. The van der Waals surface area contributed by atoms with Crippen LogP contribution >= 0.6 is 0 Å². The van der Waals surface area contributed by atoms with Gasteiger partial charge in [0.2, 0.25) is 0 Å². The zero-order valence-corrected chi connectivity index (χ0v) is 9.45. The van der Waals surface area contributed by atoms with E-state index in [0.29, 0.717) is 6.61 Å². The first-order chi connectivity index (χ1) is 7.33. The van der Waals surface area contributed by atoms with Gasteiger partial charge in [-0.05, 0) is 31.7 Å². The quantitative estimate of drug-likeness (QED) is 0.702. The Bertz CT molecular complexity index is 285. The molecular formula is C14H20O. The predicted molar refractivity (Wildman–Crippen MR) is 65.8 cm³/mol. The number of unbranched alkanes of at least 4 members (excludes halogenated alkanes) is 3. The van der Waals surface area contributed by atoms with Crippen LogP contribution < -0.4 is 0 Å². The molecule has 0 aromatic heterocycles. The summed E-state index contributed by atoms with van der Waals surface area (Å²) < 4.78 is 0. The lowest BCUT2D eigenvalue weighted by atomic mass is 10.1. The fourth-order valence-electron chi connectivity index (χ4n) is 1.45. The van der Waals surface area contributed by atoms with Gasteiger partial charge < -0.3 is 5.11 Å². The molecule has 0 atom stereocenters. The highest BCUT2D eigenvalue weighted by Gasteiger charge is 1.87. The molecule has 0 saturated heterocycles. The van der Waals surface area contributed by atoms with Crippen molar-refractivity contribution >= 4 is 6.08 Å². The molecule has 1 aromatic rings. The van der Waals surface area contributed by atoms with Gasteiger partial charge in [0.15, 0.2) is 0 Å². The Morgan fingerprint density at radius 1 is 1.07 bits per heavy atom. The number of hydrogen-bond acceptors (Lipinski definition) is 1. The predicted octanol–water partition coefficient (Wildman–Crippen LogP) is 3.56. The third-order valence-electron chi connectivity index (χ3n) is 2.42. The van der Waals surface area contributed by atoms with Crippen molar-refractivity contribution in [1.29, 1.82) is 0 Å². The molecule has 82 valence electrons. The first-order valence-corrected chi connectivity index (χ1v) is 5.67. The highest BCUT2D eigenvalue weighted by atomic mass is 16.2. The summed E-state index contributed by atoms with van der Waals surface area (Å²) in [5, 5.41) is 8.61. The van der Waals surface area contributed by atoms with E-state index in [-0.39, 0.29) is 0 Å². The molecule has 0 radical (unpaired) electrons. The molecule has 0 aliphatic rings. The molecule has 1 aromatic carbocycles. The van der Waals surface area contributed by atoms with Crippen molar-refractivity contribution in [3.63, 3.8) is 0 Å². The standard InChI is InChI=1S/C14H20O/c1-13-8-10-14(11-9-13)7-5-3-2-4-6-12-15/h5,7-11,15H,2-4,6,12H2,1H3. The second kappa shape index (κ2) is 7.24. The van der Waals surface area contributed by atoms with Gasteiger partial charge in [-0.2, -0.15) is 0 Å². The maximum Gasteiger partial charge on any atom is 0.0431 e. The Balaban J connectivity index is 2.23. The van der Waals surface area contributed by atoms with Crippen molar-refractivity contribution in [1.82, 2.24) is 0 Å². The van der Waals surface area contributed by atoms with Crippen molar-refractivity contribution in [3.8, 4) is 0 Å². The lowest BCUT2D eigenvalue weighted by Crippen LogP contribution is -1.81. The molecule has 0 fully saturated rings. The van der Waals surface area contributed by atoms with Crippen LogP contribution in [0.4, 0.5) is 0 Å². The van der Waals surface area contributed by atoms with Crippen LogP contribution in [0.3, 0.4) is 0 Å². The topological polar surface area (TPSA) is 20.2 Å². The average Bonchev–Trinajstić information content (AvgIpc) is 2.26. The van der Waals surface area contributed by atoms with E-state index in [1.165, 1.54) is 17.5 Å². The number of benzene rings is 1. The maximum atomic E-state index is 8.61. The lowest BCUT2D eigenvalue weighted by molar-refractivity contribution is 0.283. The van der Waals surface area contributed by atoms with Crippen molar-refractivity contribution in [3.05, 3.63) is 41.5 Å². The Kier molecular flexibility index (Phi) is 5.79. The lowest BCUT2D eigenvalue weighted by Gasteiger charge is -1.96. The van der Waals surface area contributed by atoms with E-state index >= 15 is 0 Å². The average molecular weight is 204 g/mol. The SMILES string of the molecule is Cc1ccc(C=CCCCCCO)cc1. The van der Waals surface area contributed by atoms with Gasteiger partial charge >= 0.3 is 0 Å². The molecule has 0 amide bonds. The molecule has 0 aliphatic carbocycles. The molecule has 0 saturated carbocycles. The smallest absolute Gasteiger partial charge is 0.0431 e. The van der Waals surface area contributed by atoms with Crippen molar-refractivity contribution < 1.29 is 5.11 Å². The third kappa shape index (κ3) is 5.38. The maximum absolute atomic E-state index is 8.61. The van der Waals surface area contributed by atoms with E-state index in [1.807, 2.05) is 0 Å². The summed E-state index contributed by atoms with van der Waals surface area (Å²) in [7, 11) is 0. The second-order valence-electron chi connectivity index (χ2n) is 3.89. The summed E-state index contributed by atoms with van der Waals surface area (Å²) in [5.41, 5.74) is 2.57. The van der Waals surface area contributed by atoms with Gasteiger partial charge in [-0.25, -0.2) is 0 Å². The minimum Gasteiger partial charge on any atom is -0.396 e. The molecule has 0 spiro atoms. The normalized spacial score (nSPS) is 11.1. The van der Waals surface area contributed by atoms with E-state index in [9.17, 15) is 0 Å². The molecule has 0 aliphatic heterocycles. The number of rotatable bonds is 6. The summed E-state index contributed by atoms with van der Waals surface area (Å²) in [6, 6.07) is 8.54. The molecule has 0 bridgehead atoms. The van der Waals surface area contributed by atoms with Gasteiger partial charge in [0.1, 0.15) is 0 Å². The van der Waals surface area contributed by atoms with E-state index in [0.717, 1.165) is 19.3 Å². The monoisotopic (exact) mass is 204 g/mol. The Morgan fingerprint density at radius 2 is 1.80 bits per heavy atom. The molecule has 0 heterocycles. The van der Waals surface area contributed by atoms with E-state index in [2.05, 4.69) is 43.3 Å². The third-order valence-corrected chi connectivity index (χ3v) is 2.42. The van der Waals surface area contributed by atoms with Gasteiger partial charge in [-0.1, -0.05) is 48.4 Å². The Labute approximate surface area is 92.5 Å². The summed E-state index contributed by atoms with van der Waals surface area (Å²) in [6.07, 6.45) is 8.70. The highest BCUT2D eigenvalue weighted by molar-refractivity contribution is 5.49. The van der Waals surface area contributed by atoms with Crippen LogP contribution in [-0.4, -0.2) is 11.7 Å². The first-order valence-electron chi connectivity index (χ1n) is 5.67. The van der Waals surface area contributed by atoms with Crippen LogP contribution in [0.5, 0.6) is 0 Å². The Morgan fingerprint density at radius 3 is 2.47 bits per heavy atom. The number of aliphatic hydroxyl groups is 1. The molecule has 15 heavy (non-hydrogen) atoms. The van der Waals surface area contributed by atoms with Crippen LogP contribution in [0.15, 0.2) is 30.3 Å². The summed E-state index contributed by atoms with van der Waals surface area (Å²) in [6.45, 7) is 2.42. The van der Waals surface area contributed by atoms with Gasteiger partial charge in [0.05, 0.1) is 0 Å². The van der Waals surface area contributed by atoms with Gasteiger partial charge in [-0.15, -0.1) is 0 Å². The van der Waals surface area contributed by atoms with E-state index in [4.69, 9.17) is 5.11 Å². The highest BCUT2D eigenvalue weighted by Crippen LogP contribution is 2.07. The molecule has 1 rings (SSSR count). The summed E-state index contributed by atoms with van der Waals surface area (Å²) >= 11 is 0. The fourth-order valence-corrected chi connectivity index (χ4v) is 1.45. The minimum absolute atomic E-state index is 0.321. The molecule has 0 unspecified atom stereocenters. The Hall–Kier alpha value is -1.08. The first kappa shape index (κ1) is 12.0. The van der Waals surface area contributed by atoms with Gasteiger partial charge in [0.25, 0.3) is 0 Å². The molecule has 1 heteroatoms. The molecular weight excluding hydrogens is 184 g/mol. The summed E-state index contributed by atoms with van der Waals surface area (Å²) in [5.74, 6) is 0. The number of aliphatic hydroxyl groups excluding tert-OH is 1. The van der Waals surface area contributed by atoms with Crippen molar-refractivity contribution in [2.75, 3.05) is 6.61 Å². The number of aryl methyl sites for hydroxylation is 1. The molecule has 1 N–H and O–H groups in total. The zero-order chi connectivity index (χ0) is 10.9. The van der Waals surface area contributed by atoms with Gasteiger partial charge in [-0.3, -0.25) is 0 Å². The fraction of sp³-hybridized carbons (Fsp3) is 0.429. The van der Waals surface area contributed by atoms with Crippen molar-refractivity contribution in [2.24, 2.45) is 0 Å². The van der Waals surface area contributed by atoms with E-state index in [1.54, 1.807) is 0 Å². The minimum atomic E-state index is 0.321. The van der Waals surface area contributed by atoms with Crippen LogP contribution in [0.1, 0.15) is 36.8 Å². The van der Waals surface area contributed by atoms with Gasteiger partial charge in [0, 0.05) is 6.61 Å². The molecule has 1 nitrogen and oxygen atoms in total. The second-order valence-corrected chi connectivity index (χ2v) is 3.89. The number of hydrogen-bond donors (Lipinski definition) is 1. The van der Waals surface area contributed by atoms with Crippen molar-refractivity contribution in [2.45, 2.75) is 32.6 Å². The summed E-state index contributed by atoms with van der Waals surface area (Å²) in [4.78, 5) is 0. The van der Waals surface area contributed by atoms with Crippen LogP contribution in [0.25, 0.3) is 6.08 Å². The number of allylic oxidation sites excluding steroid dienone is 1. The van der Waals surface area contributed by atoms with Crippen LogP contribution in [0.2, 0.25) is 0 Å². The zero-order valence-electron chi connectivity index (χ0n) is 9.45. The van der Waals surface area contributed by atoms with Crippen LogP contribution in [-0.2, 0) is 0 Å². The van der Waals surface area contributed by atoms with E-state index < -0.39 is 0 Å². The van der Waals surface area contributed by atoms with Crippen LogP contribution in [0, 0.1) is 6.92 Å².